The minimum Gasteiger partial charge on any atom is -0.393 e. The molecule has 5 heteroatoms. The van der Waals surface area contributed by atoms with Crippen LogP contribution in [0.1, 0.15) is 118 Å². The second-order valence-electron chi connectivity index (χ2n) is 15.9. The van der Waals surface area contributed by atoms with Crippen LogP contribution in [0.2, 0.25) is 0 Å². The van der Waals surface area contributed by atoms with Gasteiger partial charge < -0.3 is 19.6 Å². The molecule has 0 bridgehead atoms. The lowest BCUT2D eigenvalue weighted by Crippen LogP contribution is -2.61. The molecule has 4 aliphatic carbocycles. The quantitative estimate of drug-likeness (QED) is 0.245. The molecule has 1 amide bonds. The lowest BCUT2D eigenvalue weighted by Gasteiger charge is -2.61. The molecule has 1 aliphatic heterocycles. The fourth-order valence-corrected chi connectivity index (χ4v) is 11.5. The Morgan fingerprint density at radius 1 is 0.950 bits per heavy atom. The highest BCUT2D eigenvalue weighted by Gasteiger charge is 2.60. The first kappa shape index (κ1) is 30.8. The van der Waals surface area contributed by atoms with E-state index in [1.807, 2.05) is 0 Å². The topological polar surface area (TPSA) is 60.8 Å². The van der Waals surface area contributed by atoms with Gasteiger partial charge in [0.1, 0.15) is 6.54 Å². The van der Waals surface area contributed by atoms with Crippen molar-refractivity contribution in [1.29, 1.82) is 0 Å². The highest BCUT2D eigenvalue weighted by atomic mass is 16.3. The van der Waals surface area contributed by atoms with E-state index >= 15 is 0 Å². The van der Waals surface area contributed by atoms with Crippen LogP contribution in [0.3, 0.4) is 0 Å². The van der Waals surface area contributed by atoms with Crippen molar-refractivity contribution >= 4 is 5.91 Å². The number of carbonyl (C=O) groups is 1. The van der Waals surface area contributed by atoms with Crippen LogP contribution < -0.4 is 0 Å². The summed E-state index contributed by atoms with van der Waals surface area (Å²) in [4.78, 5) is 15.5. The van der Waals surface area contributed by atoms with Crippen molar-refractivity contribution in [3.8, 4) is 0 Å². The lowest BCUT2D eigenvalue weighted by molar-refractivity contribution is -0.932. The molecular weight excluding hydrogens is 496 g/mol. The zero-order valence-corrected chi connectivity index (χ0v) is 26.6. The van der Waals surface area contributed by atoms with Gasteiger partial charge >= 0.3 is 0 Å². The van der Waals surface area contributed by atoms with Crippen LogP contribution in [0.15, 0.2) is 0 Å². The van der Waals surface area contributed by atoms with Gasteiger partial charge in [0, 0.05) is 6.42 Å². The van der Waals surface area contributed by atoms with Crippen molar-refractivity contribution in [3.05, 3.63) is 0 Å². The summed E-state index contributed by atoms with van der Waals surface area (Å²) in [5.41, 5.74) is 0.906. The third kappa shape index (κ3) is 5.79. The molecule has 1 saturated heterocycles. The minimum absolute atomic E-state index is 0.0548. The molecule has 4 saturated carbocycles. The highest BCUT2D eigenvalue weighted by Crippen LogP contribution is 2.68. The fraction of sp³-hybridized carbons (Fsp3) is 0.971. The Morgan fingerprint density at radius 3 is 2.40 bits per heavy atom. The first-order valence-electron chi connectivity index (χ1n) is 17.6. The van der Waals surface area contributed by atoms with E-state index in [1.165, 1.54) is 64.2 Å². The Bertz CT molecular complexity index is 856. The average Bonchev–Trinajstić information content (AvgIpc) is 3.30. The summed E-state index contributed by atoms with van der Waals surface area (Å²) in [7, 11) is 0. The molecule has 0 spiro atoms. The summed E-state index contributed by atoms with van der Waals surface area (Å²) in [6, 6.07) is 0. The first-order valence-corrected chi connectivity index (χ1v) is 17.6. The molecule has 40 heavy (non-hydrogen) atoms. The normalized spacial score (nSPS) is 41.6. The summed E-state index contributed by atoms with van der Waals surface area (Å²) < 4.78 is 1.00. The van der Waals surface area contributed by atoms with Crippen molar-refractivity contribution in [2.45, 2.75) is 124 Å². The maximum Gasteiger partial charge on any atom is 0.222 e. The number of amides is 1. The smallest absolute Gasteiger partial charge is 0.222 e. The number of quaternary nitrogens is 1. The van der Waals surface area contributed by atoms with Crippen molar-refractivity contribution in [3.63, 3.8) is 0 Å². The van der Waals surface area contributed by atoms with Crippen molar-refractivity contribution in [2.24, 2.45) is 46.3 Å². The SMILES string of the molecule is CCCCC[N+]1(CCO)CCN(C(=O)CCC(C)[C@H]2CCC3C4CCC5C[C@H](O)CC[C@]5(C)C4CC[C@@]32C)CC1. The molecule has 1 heterocycles. The predicted molar refractivity (Wildman–Crippen MR) is 163 cm³/mol. The van der Waals surface area contributed by atoms with Crippen molar-refractivity contribution < 1.29 is 19.5 Å². The van der Waals surface area contributed by atoms with Crippen LogP contribution in [-0.4, -0.2) is 77.5 Å². The van der Waals surface area contributed by atoms with E-state index in [2.05, 4.69) is 32.6 Å². The summed E-state index contributed by atoms with van der Waals surface area (Å²) in [6.07, 6.45) is 17.0. The van der Waals surface area contributed by atoms with E-state index < -0.39 is 0 Å². The van der Waals surface area contributed by atoms with E-state index in [1.54, 1.807) is 0 Å². The maximum atomic E-state index is 13.3. The number of unbranched alkanes of at least 4 members (excludes halogenated alkanes) is 2. The summed E-state index contributed by atoms with van der Waals surface area (Å²) >= 11 is 0. The lowest BCUT2D eigenvalue weighted by atomic mass is 9.44. The Morgan fingerprint density at radius 2 is 1.68 bits per heavy atom. The van der Waals surface area contributed by atoms with Gasteiger partial charge in [-0.2, -0.15) is 0 Å². The van der Waals surface area contributed by atoms with Crippen LogP contribution >= 0.6 is 0 Å². The van der Waals surface area contributed by atoms with Gasteiger partial charge in [-0.05, 0) is 123 Å². The molecule has 0 aromatic carbocycles. The Hall–Kier alpha value is -0.650. The van der Waals surface area contributed by atoms with Crippen LogP contribution in [0.5, 0.6) is 0 Å². The summed E-state index contributed by atoms with van der Waals surface area (Å²) in [5, 5.41) is 20.1. The number of fused-ring (bicyclic) bond motifs is 5. The van der Waals surface area contributed by atoms with E-state index in [9.17, 15) is 15.0 Å². The Kier molecular flexibility index (Phi) is 9.64. The number of aliphatic hydroxyl groups excluding tert-OH is 2. The molecule has 5 aliphatic rings. The molecule has 0 aromatic heterocycles. The summed E-state index contributed by atoms with van der Waals surface area (Å²) in [6.45, 7) is 15.9. The Balaban J connectivity index is 1.14. The number of hydrogen-bond acceptors (Lipinski definition) is 3. The first-order chi connectivity index (χ1) is 19.2. The highest BCUT2D eigenvalue weighted by molar-refractivity contribution is 5.76. The average molecular weight is 560 g/mol. The molecule has 2 N–H and O–H groups in total. The van der Waals surface area contributed by atoms with Crippen LogP contribution in [-0.2, 0) is 4.79 Å². The number of carbonyl (C=O) groups excluding carboxylic acids is 1. The number of nitrogens with zero attached hydrogens (tertiary/aromatic N) is 2. The number of aliphatic hydroxyl groups is 2. The molecule has 9 atom stereocenters. The molecule has 0 radical (unpaired) electrons. The molecular formula is C35H63N2O3+. The molecule has 230 valence electrons. The molecule has 5 fully saturated rings. The fourth-order valence-electron chi connectivity index (χ4n) is 11.5. The largest absolute Gasteiger partial charge is 0.393 e. The standard InChI is InChI=1S/C35H63N2O3/c1-5-6-7-20-37(23-24-38)21-18-36(19-22-37)33(40)13-8-26(2)30-11-12-31-29-10-9-27-25-28(39)14-16-34(27,3)32(29)15-17-35(30,31)4/h26-32,38-39H,5-25H2,1-4H3/q+1/t26?,27?,28-,29?,30-,31?,32?,34+,35-/m1/s1. The third-order valence-corrected chi connectivity index (χ3v) is 14.1. The predicted octanol–water partition coefficient (Wildman–Crippen LogP) is 6.26. The van der Waals surface area contributed by atoms with E-state index in [4.69, 9.17) is 0 Å². The van der Waals surface area contributed by atoms with Gasteiger partial charge in [-0.25, -0.2) is 0 Å². The van der Waals surface area contributed by atoms with Crippen LogP contribution in [0, 0.1) is 46.3 Å². The maximum absolute atomic E-state index is 13.3. The van der Waals surface area contributed by atoms with Crippen LogP contribution in [0.25, 0.3) is 0 Å². The zero-order chi connectivity index (χ0) is 28.5. The van der Waals surface area contributed by atoms with Crippen molar-refractivity contribution in [2.75, 3.05) is 45.9 Å². The number of piperazine rings is 1. The second-order valence-corrected chi connectivity index (χ2v) is 15.9. The van der Waals surface area contributed by atoms with Crippen molar-refractivity contribution in [1.82, 2.24) is 4.90 Å². The monoisotopic (exact) mass is 559 g/mol. The minimum atomic E-state index is -0.0548. The third-order valence-electron chi connectivity index (χ3n) is 14.1. The van der Waals surface area contributed by atoms with Gasteiger partial charge in [-0.3, -0.25) is 4.79 Å². The molecule has 5 rings (SSSR count). The van der Waals surface area contributed by atoms with Gasteiger partial charge in [0.25, 0.3) is 0 Å². The van der Waals surface area contributed by atoms with Gasteiger partial charge in [-0.15, -0.1) is 0 Å². The number of hydrogen-bond donors (Lipinski definition) is 2. The van der Waals surface area contributed by atoms with Gasteiger partial charge in [0.15, 0.2) is 0 Å². The molecule has 5 nitrogen and oxygen atoms in total. The second kappa shape index (κ2) is 12.5. The van der Waals surface area contributed by atoms with E-state index in [0.717, 1.165) is 92.6 Å². The molecule has 5 unspecified atom stereocenters. The Labute approximate surface area is 246 Å². The van der Waals surface area contributed by atoms with Crippen LogP contribution in [0.4, 0.5) is 0 Å². The van der Waals surface area contributed by atoms with Gasteiger partial charge in [0.05, 0.1) is 45.4 Å². The van der Waals surface area contributed by atoms with E-state index in [-0.39, 0.29) is 12.7 Å². The summed E-state index contributed by atoms with van der Waals surface area (Å²) in [5.74, 6) is 5.11. The number of rotatable bonds is 10. The van der Waals surface area contributed by atoms with Gasteiger partial charge in [0.2, 0.25) is 5.91 Å². The molecule has 0 aromatic rings. The van der Waals surface area contributed by atoms with Gasteiger partial charge in [-0.1, -0.05) is 34.1 Å². The zero-order valence-electron chi connectivity index (χ0n) is 26.6. The van der Waals surface area contributed by atoms with E-state index in [0.29, 0.717) is 29.1 Å².